The van der Waals surface area contributed by atoms with E-state index in [1.54, 1.807) is 6.07 Å². The average molecular weight is 273 g/mol. The van der Waals surface area contributed by atoms with Crippen LogP contribution >= 0.6 is 0 Å². The highest BCUT2D eigenvalue weighted by atomic mass is 16.5. The van der Waals surface area contributed by atoms with Gasteiger partial charge in [-0.25, -0.2) is 0 Å². The van der Waals surface area contributed by atoms with E-state index >= 15 is 0 Å². The van der Waals surface area contributed by atoms with Crippen molar-refractivity contribution in [3.63, 3.8) is 0 Å². The molecule has 1 aromatic rings. The van der Waals surface area contributed by atoms with Gasteiger partial charge in [0.2, 0.25) is 0 Å². The highest BCUT2D eigenvalue weighted by Crippen LogP contribution is 2.30. The molecule has 0 spiro atoms. The van der Waals surface area contributed by atoms with Crippen molar-refractivity contribution < 1.29 is 9.47 Å². The van der Waals surface area contributed by atoms with Gasteiger partial charge in [0.25, 0.3) is 0 Å². The summed E-state index contributed by atoms with van der Waals surface area (Å²) in [6, 6.07) is 9.43. The lowest BCUT2D eigenvalue weighted by Gasteiger charge is -2.31. The Labute approximate surface area is 121 Å². The summed E-state index contributed by atoms with van der Waals surface area (Å²) in [7, 11) is 0. The highest BCUT2D eigenvalue weighted by Gasteiger charge is 2.24. The molecule has 1 saturated carbocycles. The molecule has 0 radical (unpaired) electrons. The van der Waals surface area contributed by atoms with E-state index in [1.807, 2.05) is 18.2 Å². The van der Waals surface area contributed by atoms with Crippen molar-refractivity contribution in [2.45, 2.75) is 39.2 Å². The molecule has 1 aliphatic rings. The van der Waals surface area contributed by atoms with Crippen molar-refractivity contribution in [1.29, 1.82) is 5.26 Å². The number of hydrogen-bond acceptors (Lipinski definition) is 3. The van der Waals surface area contributed by atoms with Gasteiger partial charge in [0.15, 0.2) is 0 Å². The van der Waals surface area contributed by atoms with Crippen molar-refractivity contribution >= 4 is 0 Å². The smallest absolute Gasteiger partial charge is 0.137 e. The molecule has 3 unspecified atom stereocenters. The minimum absolute atomic E-state index is 0.371. The van der Waals surface area contributed by atoms with Crippen molar-refractivity contribution in [3.8, 4) is 11.8 Å². The number of para-hydroxylation sites is 1. The van der Waals surface area contributed by atoms with Crippen molar-refractivity contribution in [2.24, 2.45) is 11.8 Å². The van der Waals surface area contributed by atoms with E-state index in [2.05, 4.69) is 19.9 Å². The monoisotopic (exact) mass is 273 g/mol. The summed E-state index contributed by atoms with van der Waals surface area (Å²) in [5, 5.41) is 8.97. The average Bonchev–Trinajstić information content (AvgIpc) is 2.47. The Kier molecular flexibility index (Phi) is 5.43. The van der Waals surface area contributed by atoms with Crippen LogP contribution in [0.3, 0.4) is 0 Å². The zero-order chi connectivity index (χ0) is 14.4. The summed E-state index contributed by atoms with van der Waals surface area (Å²) in [6.45, 7) is 5.72. The first-order valence-corrected chi connectivity index (χ1v) is 7.44. The first-order chi connectivity index (χ1) is 9.70. The lowest BCUT2D eigenvalue weighted by molar-refractivity contribution is -0.00911. The van der Waals surface area contributed by atoms with Crippen molar-refractivity contribution in [1.82, 2.24) is 0 Å². The molecule has 20 heavy (non-hydrogen) atoms. The number of nitrogens with zero attached hydrogens (tertiary/aromatic N) is 1. The SMILES string of the molecule is CC1CCC(OCCOc2ccccc2C#N)CC1C. The normalized spacial score (nSPS) is 25.9. The Bertz CT molecular complexity index is 466. The number of nitriles is 1. The molecule has 3 heteroatoms. The Balaban J connectivity index is 1.71. The Morgan fingerprint density at radius 3 is 2.70 bits per heavy atom. The molecule has 0 amide bonds. The van der Waals surface area contributed by atoms with Crippen LogP contribution in [0.25, 0.3) is 0 Å². The first-order valence-electron chi connectivity index (χ1n) is 7.44. The maximum Gasteiger partial charge on any atom is 0.137 e. The third-order valence-electron chi connectivity index (χ3n) is 4.25. The van der Waals surface area contributed by atoms with Crippen LogP contribution in [0, 0.1) is 23.2 Å². The van der Waals surface area contributed by atoms with Crippen LogP contribution in [0.4, 0.5) is 0 Å². The second-order valence-corrected chi connectivity index (χ2v) is 5.72. The van der Waals surface area contributed by atoms with Crippen LogP contribution in [-0.4, -0.2) is 19.3 Å². The van der Waals surface area contributed by atoms with Gasteiger partial charge in [-0.05, 0) is 43.2 Å². The van der Waals surface area contributed by atoms with Crippen LogP contribution in [0.15, 0.2) is 24.3 Å². The van der Waals surface area contributed by atoms with Crippen molar-refractivity contribution in [3.05, 3.63) is 29.8 Å². The van der Waals surface area contributed by atoms with Crippen LogP contribution in [0.1, 0.15) is 38.7 Å². The first kappa shape index (κ1) is 14.9. The topological polar surface area (TPSA) is 42.2 Å². The molecule has 0 bridgehead atoms. The number of ether oxygens (including phenoxy) is 2. The summed E-state index contributed by atoms with van der Waals surface area (Å²) in [5.74, 6) is 2.20. The maximum absolute atomic E-state index is 8.97. The minimum atomic E-state index is 0.371. The number of rotatable bonds is 5. The molecular weight excluding hydrogens is 250 g/mol. The molecule has 0 saturated heterocycles. The summed E-state index contributed by atoms with van der Waals surface area (Å²) in [5.41, 5.74) is 0.576. The number of hydrogen-bond donors (Lipinski definition) is 0. The van der Waals surface area contributed by atoms with E-state index in [-0.39, 0.29) is 0 Å². The zero-order valence-electron chi connectivity index (χ0n) is 12.3. The minimum Gasteiger partial charge on any atom is -0.490 e. The van der Waals surface area contributed by atoms with E-state index in [1.165, 1.54) is 6.42 Å². The summed E-state index contributed by atoms with van der Waals surface area (Å²) in [6.07, 6.45) is 3.93. The predicted molar refractivity (Wildman–Crippen MR) is 78.6 cm³/mol. The number of benzene rings is 1. The molecule has 1 fully saturated rings. The summed E-state index contributed by atoms with van der Waals surface area (Å²) >= 11 is 0. The van der Waals surface area contributed by atoms with Crippen LogP contribution in [0.2, 0.25) is 0 Å². The van der Waals surface area contributed by atoms with Gasteiger partial charge in [-0.15, -0.1) is 0 Å². The Morgan fingerprint density at radius 1 is 1.15 bits per heavy atom. The molecule has 0 N–H and O–H groups in total. The van der Waals surface area contributed by atoms with E-state index in [4.69, 9.17) is 14.7 Å². The molecule has 3 nitrogen and oxygen atoms in total. The van der Waals surface area contributed by atoms with Gasteiger partial charge in [-0.2, -0.15) is 5.26 Å². The van der Waals surface area contributed by atoms with Gasteiger partial charge >= 0.3 is 0 Å². The third kappa shape index (κ3) is 3.98. The third-order valence-corrected chi connectivity index (χ3v) is 4.25. The zero-order valence-corrected chi connectivity index (χ0v) is 12.3. The van der Waals surface area contributed by atoms with E-state index in [0.717, 1.165) is 24.7 Å². The van der Waals surface area contributed by atoms with Crippen LogP contribution in [-0.2, 0) is 4.74 Å². The van der Waals surface area contributed by atoms with Gasteiger partial charge in [-0.3, -0.25) is 0 Å². The van der Waals surface area contributed by atoms with Crippen LogP contribution in [0.5, 0.6) is 5.75 Å². The van der Waals surface area contributed by atoms with E-state index < -0.39 is 0 Å². The molecule has 1 aromatic carbocycles. The molecule has 0 heterocycles. The maximum atomic E-state index is 8.97. The van der Waals surface area contributed by atoms with Crippen molar-refractivity contribution in [2.75, 3.05) is 13.2 Å². The predicted octanol–water partition coefficient (Wildman–Crippen LogP) is 3.78. The molecule has 108 valence electrons. The Hall–Kier alpha value is -1.53. The van der Waals surface area contributed by atoms with Gasteiger partial charge in [-0.1, -0.05) is 26.0 Å². The fraction of sp³-hybridized carbons (Fsp3) is 0.588. The van der Waals surface area contributed by atoms with Gasteiger partial charge in [0.05, 0.1) is 18.3 Å². The summed E-state index contributed by atoms with van der Waals surface area (Å²) < 4.78 is 11.5. The fourth-order valence-corrected chi connectivity index (χ4v) is 2.70. The second-order valence-electron chi connectivity index (χ2n) is 5.72. The van der Waals surface area contributed by atoms with Crippen LogP contribution < -0.4 is 4.74 Å². The quantitative estimate of drug-likeness (QED) is 0.767. The largest absolute Gasteiger partial charge is 0.490 e. The lowest BCUT2D eigenvalue weighted by Crippen LogP contribution is -2.28. The molecular formula is C17H23NO2. The Morgan fingerprint density at radius 2 is 1.95 bits per heavy atom. The van der Waals surface area contributed by atoms with E-state index in [0.29, 0.717) is 30.6 Å². The molecule has 2 rings (SSSR count). The van der Waals surface area contributed by atoms with E-state index in [9.17, 15) is 0 Å². The fourth-order valence-electron chi connectivity index (χ4n) is 2.70. The van der Waals surface area contributed by atoms with Gasteiger partial charge < -0.3 is 9.47 Å². The highest BCUT2D eigenvalue weighted by molar-refractivity contribution is 5.42. The molecule has 3 atom stereocenters. The summed E-state index contributed by atoms with van der Waals surface area (Å²) in [4.78, 5) is 0. The van der Waals surface area contributed by atoms with Gasteiger partial charge in [0.1, 0.15) is 18.4 Å². The standard InChI is InChI=1S/C17H23NO2/c1-13-7-8-16(11-14(13)2)19-9-10-20-17-6-4-3-5-15(17)12-18/h3-6,13-14,16H,7-11H2,1-2H3. The molecule has 0 aromatic heterocycles. The lowest BCUT2D eigenvalue weighted by atomic mass is 9.80. The second kappa shape index (κ2) is 7.31. The van der Waals surface area contributed by atoms with Gasteiger partial charge in [0, 0.05) is 0 Å². The molecule has 1 aliphatic carbocycles. The molecule has 0 aliphatic heterocycles.